The second-order valence-electron chi connectivity index (χ2n) is 4.35. The van der Waals surface area contributed by atoms with E-state index in [1.165, 1.54) is 0 Å². The number of nitrogens with one attached hydrogen (secondary N) is 1. The zero-order valence-corrected chi connectivity index (χ0v) is 10.8. The van der Waals surface area contributed by atoms with E-state index in [4.69, 9.17) is 0 Å². The SMILES string of the molecule is CC(C)Nc1ccccc1N=Nc1nccn1C. The Kier molecular flexibility index (Phi) is 3.72. The number of rotatable bonds is 4. The molecule has 5 nitrogen and oxygen atoms in total. The summed E-state index contributed by atoms with van der Waals surface area (Å²) in [6.45, 7) is 4.18. The Morgan fingerprint density at radius 2 is 2.00 bits per heavy atom. The van der Waals surface area contributed by atoms with Gasteiger partial charge in [0.05, 0.1) is 5.69 Å². The van der Waals surface area contributed by atoms with E-state index >= 15 is 0 Å². The molecule has 18 heavy (non-hydrogen) atoms. The van der Waals surface area contributed by atoms with Crippen molar-refractivity contribution < 1.29 is 0 Å². The van der Waals surface area contributed by atoms with E-state index in [9.17, 15) is 0 Å². The van der Waals surface area contributed by atoms with Gasteiger partial charge in [0.25, 0.3) is 0 Å². The van der Waals surface area contributed by atoms with E-state index in [2.05, 4.69) is 34.4 Å². The highest BCUT2D eigenvalue weighted by Gasteiger charge is 2.02. The van der Waals surface area contributed by atoms with E-state index in [0.717, 1.165) is 11.4 Å². The molecule has 0 aliphatic rings. The number of nitrogens with zero attached hydrogens (tertiary/aromatic N) is 4. The van der Waals surface area contributed by atoms with Gasteiger partial charge in [-0.25, -0.2) is 4.98 Å². The molecule has 0 aliphatic heterocycles. The fraction of sp³-hybridized carbons (Fsp3) is 0.308. The third-order valence-corrected chi connectivity index (χ3v) is 2.39. The van der Waals surface area contributed by atoms with Gasteiger partial charge in [-0.15, -0.1) is 10.2 Å². The van der Waals surface area contributed by atoms with Crippen molar-refractivity contribution in [3.63, 3.8) is 0 Å². The van der Waals surface area contributed by atoms with Crippen LogP contribution in [0.2, 0.25) is 0 Å². The number of hydrogen-bond acceptors (Lipinski definition) is 4. The van der Waals surface area contributed by atoms with Gasteiger partial charge in [-0.1, -0.05) is 12.1 Å². The minimum Gasteiger partial charge on any atom is -0.381 e. The standard InChI is InChI=1S/C13H17N5/c1-10(2)15-11-6-4-5-7-12(11)16-17-13-14-8-9-18(13)3/h4-10,15H,1-3H3. The first-order valence-electron chi connectivity index (χ1n) is 5.91. The van der Waals surface area contributed by atoms with Gasteiger partial charge >= 0.3 is 0 Å². The summed E-state index contributed by atoms with van der Waals surface area (Å²) in [7, 11) is 1.89. The number of azo groups is 1. The summed E-state index contributed by atoms with van der Waals surface area (Å²) in [6.07, 6.45) is 3.54. The van der Waals surface area contributed by atoms with Gasteiger partial charge in [0, 0.05) is 25.5 Å². The molecule has 5 heteroatoms. The molecule has 0 radical (unpaired) electrons. The number of para-hydroxylation sites is 1. The molecule has 2 aromatic rings. The summed E-state index contributed by atoms with van der Waals surface area (Å²) < 4.78 is 1.82. The molecule has 1 aromatic heterocycles. The number of aromatic nitrogens is 2. The van der Waals surface area contributed by atoms with Crippen molar-refractivity contribution in [1.29, 1.82) is 0 Å². The topological polar surface area (TPSA) is 54.6 Å². The van der Waals surface area contributed by atoms with Crippen LogP contribution in [0.1, 0.15) is 13.8 Å². The number of imidazole rings is 1. The van der Waals surface area contributed by atoms with Gasteiger partial charge in [0.1, 0.15) is 5.69 Å². The molecule has 2 rings (SSSR count). The van der Waals surface area contributed by atoms with Crippen LogP contribution >= 0.6 is 0 Å². The molecular formula is C13H17N5. The van der Waals surface area contributed by atoms with Crippen molar-refractivity contribution in [3.8, 4) is 0 Å². The highest BCUT2D eigenvalue weighted by molar-refractivity contribution is 5.65. The van der Waals surface area contributed by atoms with Crippen LogP contribution in [-0.4, -0.2) is 15.6 Å². The van der Waals surface area contributed by atoms with Crippen LogP contribution in [0.5, 0.6) is 0 Å². The molecule has 0 atom stereocenters. The van der Waals surface area contributed by atoms with E-state index in [-0.39, 0.29) is 0 Å². The Hall–Kier alpha value is -2.17. The lowest BCUT2D eigenvalue weighted by Crippen LogP contribution is -2.09. The average Bonchev–Trinajstić information content (AvgIpc) is 2.73. The number of hydrogen-bond donors (Lipinski definition) is 1. The summed E-state index contributed by atoms with van der Waals surface area (Å²) in [5.41, 5.74) is 1.79. The van der Waals surface area contributed by atoms with Crippen LogP contribution < -0.4 is 5.32 Å². The monoisotopic (exact) mass is 243 g/mol. The van der Waals surface area contributed by atoms with Crippen molar-refractivity contribution in [3.05, 3.63) is 36.7 Å². The Bertz CT molecular complexity index is 542. The van der Waals surface area contributed by atoms with E-state index in [1.807, 2.05) is 42.1 Å². The molecule has 0 bridgehead atoms. The summed E-state index contributed by atoms with van der Waals surface area (Å²) in [6, 6.07) is 8.20. The normalized spacial score (nSPS) is 11.3. The Labute approximate surface area is 107 Å². The van der Waals surface area contributed by atoms with Crippen molar-refractivity contribution >= 4 is 17.3 Å². The van der Waals surface area contributed by atoms with E-state index < -0.39 is 0 Å². The molecule has 0 amide bonds. The summed E-state index contributed by atoms with van der Waals surface area (Å²) in [4.78, 5) is 4.10. The van der Waals surface area contributed by atoms with Crippen molar-refractivity contribution in [1.82, 2.24) is 9.55 Å². The Morgan fingerprint density at radius 3 is 2.67 bits per heavy atom. The van der Waals surface area contributed by atoms with Crippen molar-refractivity contribution in [2.45, 2.75) is 19.9 Å². The predicted molar refractivity (Wildman–Crippen MR) is 72.6 cm³/mol. The first kappa shape index (κ1) is 12.3. The summed E-state index contributed by atoms with van der Waals surface area (Å²) in [5, 5.41) is 11.7. The molecule has 0 saturated heterocycles. The molecule has 1 aromatic carbocycles. The lowest BCUT2D eigenvalue weighted by Gasteiger charge is -2.11. The second-order valence-corrected chi connectivity index (χ2v) is 4.35. The maximum absolute atomic E-state index is 4.24. The first-order valence-corrected chi connectivity index (χ1v) is 5.91. The van der Waals surface area contributed by atoms with Crippen LogP contribution in [0, 0.1) is 0 Å². The van der Waals surface area contributed by atoms with Gasteiger partial charge in [-0.05, 0) is 26.0 Å². The third kappa shape index (κ3) is 2.94. The molecule has 1 heterocycles. The molecule has 0 spiro atoms. The van der Waals surface area contributed by atoms with Gasteiger partial charge < -0.3 is 9.88 Å². The van der Waals surface area contributed by atoms with Gasteiger partial charge in [0.2, 0.25) is 5.95 Å². The molecule has 0 unspecified atom stereocenters. The predicted octanol–water partition coefficient (Wildman–Crippen LogP) is 3.66. The maximum atomic E-state index is 4.24. The highest BCUT2D eigenvalue weighted by Crippen LogP contribution is 2.26. The maximum Gasteiger partial charge on any atom is 0.249 e. The molecular weight excluding hydrogens is 226 g/mol. The van der Waals surface area contributed by atoms with Gasteiger partial charge in [-0.3, -0.25) is 0 Å². The van der Waals surface area contributed by atoms with Crippen LogP contribution in [0.15, 0.2) is 46.9 Å². The number of benzene rings is 1. The van der Waals surface area contributed by atoms with Crippen molar-refractivity contribution in [2.24, 2.45) is 17.3 Å². The van der Waals surface area contributed by atoms with Gasteiger partial charge in [0.15, 0.2) is 0 Å². The first-order chi connectivity index (χ1) is 8.66. The minimum absolute atomic E-state index is 0.356. The lowest BCUT2D eigenvalue weighted by atomic mass is 10.2. The minimum atomic E-state index is 0.356. The zero-order valence-electron chi connectivity index (χ0n) is 10.8. The molecule has 1 N–H and O–H groups in total. The van der Waals surface area contributed by atoms with Crippen LogP contribution in [0.4, 0.5) is 17.3 Å². The van der Waals surface area contributed by atoms with Gasteiger partial charge in [-0.2, -0.15) is 0 Å². The summed E-state index contributed by atoms with van der Waals surface area (Å²) in [5.74, 6) is 0.592. The molecule has 94 valence electrons. The molecule has 0 saturated carbocycles. The fourth-order valence-corrected chi connectivity index (χ4v) is 1.55. The van der Waals surface area contributed by atoms with E-state index in [1.54, 1.807) is 6.20 Å². The fourth-order valence-electron chi connectivity index (χ4n) is 1.55. The molecule has 0 aliphatic carbocycles. The third-order valence-electron chi connectivity index (χ3n) is 2.39. The quantitative estimate of drug-likeness (QED) is 0.833. The smallest absolute Gasteiger partial charge is 0.249 e. The van der Waals surface area contributed by atoms with Crippen LogP contribution in [0.3, 0.4) is 0 Å². The number of anilines is 1. The Morgan fingerprint density at radius 1 is 1.22 bits per heavy atom. The largest absolute Gasteiger partial charge is 0.381 e. The summed E-state index contributed by atoms with van der Waals surface area (Å²) >= 11 is 0. The lowest BCUT2D eigenvalue weighted by molar-refractivity contribution is 0.888. The van der Waals surface area contributed by atoms with E-state index in [0.29, 0.717) is 12.0 Å². The van der Waals surface area contributed by atoms with Crippen LogP contribution in [-0.2, 0) is 7.05 Å². The van der Waals surface area contributed by atoms with Crippen molar-refractivity contribution in [2.75, 3.05) is 5.32 Å². The van der Waals surface area contributed by atoms with Crippen LogP contribution in [0.25, 0.3) is 0 Å². The second kappa shape index (κ2) is 5.44. The Balaban J connectivity index is 2.23. The number of aryl methyl sites for hydroxylation is 1. The molecule has 0 fully saturated rings. The average molecular weight is 243 g/mol. The zero-order chi connectivity index (χ0) is 13.0. The highest BCUT2D eigenvalue weighted by atomic mass is 15.3.